The van der Waals surface area contributed by atoms with Crippen LogP contribution in [0.1, 0.15) is 88.6 Å². The van der Waals surface area contributed by atoms with Gasteiger partial charge in [0.1, 0.15) is 5.82 Å². The van der Waals surface area contributed by atoms with Crippen LogP contribution < -0.4 is 5.56 Å². The maximum atomic E-state index is 11.9. The van der Waals surface area contributed by atoms with Crippen LogP contribution in [0.15, 0.2) is 10.9 Å². The number of aromatic amines is 1. The molecule has 1 aromatic rings. The van der Waals surface area contributed by atoms with Crippen molar-refractivity contribution in [2.45, 2.75) is 77.0 Å². The Bertz CT molecular complexity index is 516. The Labute approximate surface area is 121 Å². The minimum absolute atomic E-state index is 0.0433. The standard InChI is InChI=1S/C17H26N2O/c1-17(2)9-7-13(8-10-17)16-18-14(11-15(20)19-16)12-5-3-4-6-12/h11-13H,3-10H2,1-2H3,(H,18,19,20). The average molecular weight is 274 g/mol. The number of rotatable bonds is 2. The van der Waals surface area contributed by atoms with Crippen molar-refractivity contribution in [1.29, 1.82) is 0 Å². The van der Waals surface area contributed by atoms with Crippen LogP contribution in [-0.2, 0) is 0 Å². The molecule has 1 N–H and O–H groups in total. The third kappa shape index (κ3) is 2.97. The molecular formula is C17H26N2O. The molecule has 0 aromatic carbocycles. The molecule has 3 heteroatoms. The number of hydrogen-bond donors (Lipinski definition) is 1. The molecule has 0 bridgehead atoms. The lowest BCUT2D eigenvalue weighted by atomic mass is 9.73. The van der Waals surface area contributed by atoms with Gasteiger partial charge < -0.3 is 4.98 Å². The van der Waals surface area contributed by atoms with Crippen molar-refractivity contribution in [1.82, 2.24) is 9.97 Å². The first-order valence-corrected chi connectivity index (χ1v) is 8.15. The monoisotopic (exact) mass is 274 g/mol. The van der Waals surface area contributed by atoms with E-state index in [0.29, 0.717) is 17.3 Å². The van der Waals surface area contributed by atoms with Crippen LogP contribution in [0.4, 0.5) is 0 Å². The number of nitrogens with one attached hydrogen (secondary N) is 1. The molecule has 0 saturated heterocycles. The highest BCUT2D eigenvalue weighted by Crippen LogP contribution is 2.41. The predicted octanol–water partition coefficient (Wildman–Crippen LogP) is 4.11. The Morgan fingerprint density at radius 1 is 1.10 bits per heavy atom. The zero-order valence-corrected chi connectivity index (χ0v) is 12.7. The van der Waals surface area contributed by atoms with Crippen LogP contribution in [0, 0.1) is 5.41 Å². The number of nitrogens with zero attached hydrogens (tertiary/aromatic N) is 1. The van der Waals surface area contributed by atoms with Crippen molar-refractivity contribution in [2.24, 2.45) is 5.41 Å². The number of aromatic nitrogens is 2. The summed E-state index contributed by atoms with van der Waals surface area (Å²) in [6.45, 7) is 4.68. The molecule has 2 aliphatic carbocycles. The maximum absolute atomic E-state index is 11.9. The highest BCUT2D eigenvalue weighted by Gasteiger charge is 2.29. The Balaban J connectivity index is 1.81. The molecule has 3 rings (SSSR count). The lowest BCUT2D eigenvalue weighted by Gasteiger charge is -2.33. The van der Waals surface area contributed by atoms with Gasteiger partial charge in [-0.15, -0.1) is 0 Å². The van der Waals surface area contributed by atoms with E-state index in [-0.39, 0.29) is 5.56 Å². The molecule has 1 heterocycles. The summed E-state index contributed by atoms with van der Waals surface area (Å²) in [7, 11) is 0. The van der Waals surface area contributed by atoms with Crippen LogP contribution in [0.3, 0.4) is 0 Å². The van der Waals surface area contributed by atoms with Gasteiger partial charge in [-0.2, -0.15) is 0 Å². The topological polar surface area (TPSA) is 45.8 Å². The van der Waals surface area contributed by atoms with Crippen molar-refractivity contribution in [2.75, 3.05) is 0 Å². The largest absolute Gasteiger partial charge is 0.310 e. The average Bonchev–Trinajstić information content (AvgIpc) is 2.91. The molecule has 110 valence electrons. The fourth-order valence-corrected chi connectivity index (χ4v) is 3.79. The molecule has 0 unspecified atom stereocenters. The third-order valence-corrected chi connectivity index (χ3v) is 5.28. The summed E-state index contributed by atoms with van der Waals surface area (Å²) in [6.07, 6.45) is 9.75. The minimum atomic E-state index is 0.0433. The summed E-state index contributed by atoms with van der Waals surface area (Å²) in [6, 6.07) is 1.73. The van der Waals surface area contributed by atoms with Crippen molar-refractivity contribution in [3.63, 3.8) is 0 Å². The molecule has 0 atom stereocenters. The highest BCUT2D eigenvalue weighted by molar-refractivity contribution is 5.12. The van der Waals surface area contributed by atoms with E-state index in [1.54, 1.807) is 6.07 Å². The van der Waals surface area contributed by atoms with Gasteiger partial charge in [-0.05, 0) is 43.9 Å². The second kappa shape index (κ2) is 5.34. The molecule has 20 heavy (non-hydrogen) atoms. The highest BCUT2D eigenvalue weighted by atomic mass is 16.1. The molecule has 0 radical (unpaired) electrons. The first kappa shape index (κ1) is 13.8. The summed E-state index contributed by atoms with van der Waals surface area (Å²) >= 11 is 0. The van der Waals surface area contributed by atoms with Gasteiger partial charge in [0.2, 0.25) is 0 Å². The fourth-order valence-electron chi connectivity index (χ4n) is 3.79. The van der Waals surface area contributed by atoms with E-state index in [0.717, 1.165) is 24.4 Å². The second-order valence-electron chi connectivity index (χ2n) is 7.48. The molecular weight excluding hydrogens is 248 g/mol. The predicted molar refractivity (Wildman–Crippen MR) is 81.1 cm³/mol. The molecule has 2 fully saturated rings. The smallest absolute Gasteiger partial charge is 0.251 e. The quantitative estimate of drug-likeness (QED) is 0.882. The van der Waals surface area contributed by atoms with Crippen molar-refractivity contribution >= 4 is 0 Å². The summed E-state index contributed by atoms with van der Waals surface area (Å²) < 4.78 is 0. The number of hydrogen-bond acceptors (Lipinski definition) is 2. The minimum Gasteiger partial charge on any atom is -0.310 e. The molecule has 0 spiro atoms. The zero-order valence-electron chi connectivity index (χ0n) is 12.7. The Morgan fingerprint density at radius 3 is 2.40 bits per heavy atom. The van der Waals surface area contributed by atoms with Crippen molar-refractivity contribution < 1.29 is 0 Å². The third-order valence-electron chi connectivity index (χ3n) is 5.28. The van der Waals surface area contributed by atoms with E-state index < -0.39 is 0 Å². The Kier molecular flexibility index (Phi) is 3.70. The molecule has 3 nitrogen and oxygen atoms in total. The van der Waals surface area contributed by atoms with Crippen LogP contribution in [-0.4, -0.2) is 9.97 Å². The van der Waals surface area contributed by atoms with Crippen LogP contribution >= 0.6 is 0 Å². The Morgan fingerprint density at radius 2 is 1.75 bits per heavy atom. The summed E-state index contributed by atoms with van der Waals surface area (Å²) in [4.78, 5) is 19.8. The van der Waals surface area contributed by atoms with Gasteiger partial charge in [-0.25, -0.2) is 4.98 Å². The van der Waals surface area contributed by atoms with E-state index in [1.165, 1.54) is 38.5 Å². The van der Waals surface area contributed by atoms with Gasteiger partial charge in [0.15, 0.2) is 0 Å². The molecule has 2 aliphatic rings. The van der Waals surface area contributed by atoms with Gasteiger partial charge in [0.25, 0.3) is 5.56 Å². The van der Waals surface area contributed by atoms with E-state index in [9.17, 15) is 4.79 Å². The van der Waals surface area contributed by atoms with E-state index in [2.05, 4.69) is 18.8 Å². The van der Waals surface area contributed by atoms with Gasteiger partial charge in [0.05, 0.1) is 5.69 Å². The fraction of sp³-hybridized carbons (Fsp3) is 0.765. The Hall–Kier alpha value is -1.12. The van der Waals surface area contributed by atoms with Gasteiger partial charge in [-0.1, -0.05) is 26.7 Å². The van der Waals surface area contributed by atoms with E-state index in [4.69, 9.17) is 4.98 Å². The van der Waals surface area contributed by atoms with Gasteiger partial charge in [-0.3, -0.25) is 4.79 Å². The van der Waals surface area contributed by atoms with Crippen LogP contribution in [0.2, 0.25) is 0 Å². The lowest BCUT2D eigenvalue weighted by Crippen LogP contribution is -2.24. The first-order chi connectivity index (χ1) is 9.53. The normalized spacial score (nSPS) is 24.1. The SMILES string of the molecule is CC1(C)CCC(c2nc(C3CCCC3)cc(=O)[nH]2)CC1. The first-order valence-electron chi connectivity index (χ1n) is 8.15. The molecule has 0 amide bonds. The summed E-state index contributed by atoms with van der Waals surface area (Å²) in [5.74, 6) is 1.93. The van der Waals surface area contributed by atoms with Crippen molar-refractivity contribution in [3.8, 4) is 0 Å². The van der Waals surface area contributed by atoms with Crippen LogP contribution in [0.25, 0.3) is 0 Å². The van der Waals surface area contributed by atoms with Crippen LogP contribution in [0.5, 0.6) is 0 Å². The zero-order chi connectivity index (χ0) is 14.2. The van der Waals surface area contributed by atoms with Gasteiger partial charge >= 0.3 is 0 Å². The lowest BCUT2D eigenvalue weighted by molar-refractivity contribution is 0.220. The van der Waals surface area contributed by atoms with Crippen molar-refractivity contribution in [3.05, 3.63) is 27.9 Å². The molecule has 1 aromatic heterocycles. The maximum Gasteiger partial charge on any atom is 0.251 e. The van der Waals surface area contributed by atoms with E-state index in [1.807, 2.05) is 0 Å². The van der Waals surface area contributed by atoms with Gasteiger partial charge in [0, 0.05) is 17.9 Å². The summed E-state index contributed by atoms with van der Waals surface area (Å²) in [5, 5.41) is 0. The number of H-pyrrole nitrogens is 1. The summed E-state index contributed by atoms with van der Waals surface area (Å²) in [5.41, 5.74) is 1.55. The second-order valence-corrected chi connectivity index (χ2v) is 7.48. The molecule has 0 aliphatic heterocycles. The molecule has 2 saturated carbocycles. The van der Waals surface area contributed by atoms with E-state index >= 15 is 0 Å².